The van der Waals surface area contributed by atoms with Crippen molar-refractivity contribution in [2.45, 2.75) is 11.8 Å². The Morgan fingerprint density at radius 3 is 2.12 bits per heavy atom. The maximum absolute atomic E-state index is 10.9. The molecule has 1 aliphatic heterocycles. The molecule has 0 aliphatic carbocycles. The van der Waals surface area contributed by atoms with E-state index in [1.807, 2.05) is 0 Å². The van der Waals surface area contributed by atoms with Crippen LogP contribution in [0.25, 0.3) is 0 Å². The predicted molar refractivity (Wildman–Crippen MR) is 50.7 cm³/mol. The molecule has 2 atom stereocenters. The second-order valence-corrected chi connectivity index (χ2v) is 3.51. The van der Waals surface area contributed by atoms with Crippen molar-refractivity contribution in [1.82, 2.24) is 10.2 Å². The van der Waals surface area contributed by atoms with E-state index in [-0.39, 0.29) is 13.1 Å². The van der Waals surface area contributed by atoms with Crippen molar-refractivity contribution in [1.29, 1.82) is 0 Å². The van der Waals surface area contributed by atoms with E-state index in [9.17, 15) is 19.8 Å². The highest BCUT2D eigenvalue weighted by atomic mass is 16.5. The van der Waals surface area contributed by atoms with Crippen LogP contribution in [0.5, 0.6) is 0 Å². The molecular weight excluding hydrogens is 220 g/mol. The normalized spacial score (nSPS) is 23.4. The zero-order valence-corrected chi connectivity index (χ0v) is 8.46. The molecule has 0 spiro atoms. The van der Waals surface area contributed by atoms with Crippen LogP contribution in [0.15, 0.2) is 0 Å². The number of nitrogens with one attached hydrogen (secondary N) is 1. The number of carboxylic acids is 2. The average molecular weight is 234 g/mol. The van der Waals surface area contributed by atoms with Gasteiger partial charge < -0.3 is 25.7 Å². The summed E-state index contributed by atoms with van der Waals surface area (Å²) in [6, 6.07) is 0. The Morgan fingerprint density at radius 2 is 1.75 bits per heavy atom. The van der Waals surface area contributed by atoms with Crippen molar-refractivity contribution < 1.29 is 30.0 Å². The van der Waals surface area contributed by atoms with Gasteiger partial charge in [-0.2, -0.15) is 0 Å². The van der Waals surface area contributed by atoms with Crippen LogP contribution in [-0.4, -0.2) is 75.3 Å². The van der Waals surface area contributed by atoms with Crippen LogP contribution in [0.4, 0.5) is 0 Å². The predicted octanol–water partition coefficient (Wildman–Crippen LogP) is -2.89. The summed E-state index contributed by atoms with van der Waals surface area (Å²) in [4.78, 5) is 22.5. The van der Waals surface area contributed by atoms with Crippen LogP contribution >= 0.6 is 0 Å². The molecule has 0 bridgehead atoms. The highest BCUT2D eigenvalue weighted by Crippen LogP contribution is 2.18. The van der Waals surface area contributed by atoms with Crippen LogP contribution in [0, 0.1) is 0 Å². The molecule has 8 nitrogen and oxygen atoms in total. The first-order chi connectivity index (χ1) is 7.40. The Balaban J connectivity index is 2.94. The summed E-state index contributed by atoms with van der Waals surface area (Å²) < 4.78 is 0. The molecule has 0 amide bonds. The number of aliphatic carboxylic acids is 2. The van der Waals surface area contributed by atoms with Gasteiger partial charge in [0.05, 0.1) is 0 Å². The first kappa shape index (κ1) is 12.8. The highest BCUT2D eigenvalue weighted by Gasteiger charge is 2.52. The molecule has 0 aromatic rings. The van der Waals surface area contributed by atoms with Gasteiger partial charge in [0, 0.05) is 26.2 Å². The summed E-state index contributed by atoms with van der Waals surface area (Å²) in [6.07, 6.45) is -2.39. The van der Waals surface area contributed by atoms with Crippen molar-refractivity contribution in [3.05, 3.63) is 0 Å². The van der Waals surface area contributed by atoms with Gasteiger partial charge in [-0.1, -0.05) is 0 Å². The zero-order valence-electron chi connectivity index (χ0n) is 8.46. The average Bonchev–Trinajstić information content (AvgIpc) is 2.27. The molecule has 1 saturated heterocycles. The van der Waals surface area contributed by atoms with Crippen molar-refractivity contribution in [3.63, 3.8) is 0 Å². The summed E-state index contributed by atoms with van der Waals surface area (Å²) in [5.74, 6) is -3.55. The molecule has 8 heteroatoms. The summed E-state index contributed by atoms with van der Waals surface area (Å²) in [7, 11) is 0. The largest absolute Gasteiger partial charge is 0.479 e. The summed E-state index contributed by atoms with van der Waals surface area (Å²) >= 11 is 0. The SMILES string of the molecule is O=C(O)C(O)C(O)(C(=O)O)N1CCNCC1. The Labute approximate surface area is 91.1 Å². The number of hydrogen-bond donors (Lipinski definition) is 5. The van der Waals surface area contributed by atoms with Gasteiger partial charge in [-0.05, 0) is 0 Å². The van der Waals surface area contributed by atoms with Crippen LogP contribution in [0.1, 0.15) is 0 Å². The molecule has 2 unspecified atom stereocenters. The summed E-state index contributed by atoms with van der Waals surface area (Å²) in [6.45, 7) is 1.13. The van der Waals surface area contributed by atoms with Crippen LogP contribution < -0.4 is 5.32 Å². The van der Waals surface area contributed by atoms with Crippen molar-refractivity contribution >= 4 is 11.9 Å². The first-order valence-corrected chi connectivity index (χ1v) is 4.73. The molecule has 0 radical (unpaired) electrons. The van der Waals surface area contributed by atoms with E-state index in [0.29, 0.717) is 13.1 Å². The number of carboxylic acid groups (broad SMARTS) is 2. The Bertz CT molecular complexity index is 290. The third kappa shape index (κ3) is 2.14. The lowest BCUT2D eigenvalue weighted by molar-refractivity contribution is -0.216. The van der Waals surface area contributed by atoms with E-state index in [0.717, 1.165) is 4.90 Å². The lowest BCUT2D eigenvalue weighted by Gasteiger charge is -2.39. The van der Waals surface area contributed by atoms with Gasteiger partial charge in [0.25, 0.3) is 5.72 Å². The third-order valence-electron chi connectivity index (χ3n) is 2.53. The molecule has 92 valence electrons. The highest BCUT2D eigenvalue weighted by molar-refractivity contribution is 5.86. The van der Waals surface area contributed by atoms with Gasteiger partial charge in [0.2, 0.25) is 6.10 Å². The van der Waals surface area contributed by atoms with Crippen molar-refractivity contribution in [2.75, 3.05) is 26.2 Å². The number of aliphatic hydroxyl groups is 2. The van der Waals surface area contributed by atoms with E-state index >= 15 is 0 Å². The van der Waals surface area contributed by atoms with E-state index in [1.165, 1.54) is 0 Å². The number of carbonyl (C=O) groups is 2. The van der Waals surface area contributed by atoms with Crippen LogP contribution in [0.2, 0.25) is 0 Å². The molecule has 1 fully saturated rings. The first-order valence-electron chi connectivity index (χ1n) is 4.73. The van der Waals surface area contributed by atoms with E-state index in [2.05, 4.69) is 5.32 Å². The van der Waals surface area contributed by atoms with Gasteiger partial charge in [-0.15, -0.1) is 0 Å². The zero-order chi connectivity index (χ0) is 12.3. The minimum Gasteiger partial charge on any atom is -0.479 e. The topological polar surface area (TPSA) is 130 Å². The Kier molecular flexibility index (Phi) is 3.81. The molecule has 1 aliphatic rings. The monoisotopic (exact) mass is 234 g/mol. The smallest absolute Gasteiger partial charge is 0.355 e. The number of nitrogens with zero attached hydrogens (tertiary/aromatic N) is 1. The third-order valence-corrected chi connectivity index (χ3v) is 2.53. The molecule has 16 heavy (non-hydrogen) atoms. The maximum Gasteiger partial charge on any atom is 0.355 e. The molecule has 1 rings (SSSR count). The molecule has 0 saturated carbocycles. The molecule has 5 N–H and O–H groups in total. The van der Waals surface area contributed by atoms with Gasteiger partial charge in [-0.3, -0.25) is 4.90 Å². The van der Waals surface area contributed by atoms with E-state index in [1.54, 1.807) is 0 Å². The minimum absolute atomic E-state index is 0.146. The molecule has 1 heterocycles. The van der Waals surface area contributed by atoms with Crippen molar-refractivity contribution in [2.24, 2.45) is 0 Å². The van der Waals surface area contributed by atoms with Crippen molar-refractivity contribution in [3.8, 4) is 0 Å². The lowest BCUT2D eigenvalue weighted by atomic mass is 10.0. The van der Waals surface area contributed by atoms with E-state index < -0.39 is 23.8 Å². The second-order valence-electron chi connectivity index (χ2n) is 3.51. The fourth-order valence-electron chi connectivity index (χ4n) is 1.60. The standard InChI is InChI=1S/C8H14N2O6/c11-5(6(12)13)8(16,7(14)15)10-3-1-9-2-4-10/h5,9,11,16H,1-4H2,(H,12,13)(H,14,15). The second kappa shape index (κ2) is 4.74. The Hall–Kier alpha value is -1.22. The lowest BCUT2D eigenvalue weighted by Crippen LogP contribution is -2.67. The molecular formula is C8H14N2O6. The number of aliphatic hydroxyl groups excluding tert-OH is 1. The minimum atomic E-state index is -2.78. The van der Waals surface area contributed by atoms with E-state index in [4.69, 9.17) is 10.2 Å². The van der Waals surface area contributed by atoms with Crippen LogP contribution in [-0.2, 0) is 9.59 Å². The van der Waals surface area contributed by atoms with Crippen LogP contribution in [0.3, 0.4) is 0 Å². The molecule has 0 aromatic carbocycles. The number of hydrogen-bond acceptors (Lipinski definition) is 6. The fraction of sp³-hybridized carbons (Fsp3) is 0.750. The van der Waals surface area contributed by atoms with Gasteiger partial charge in [-0.25, -0.2) is 9.59 Å². The Morgan fingerprint density at radius 1 is 1.25 bits per heavy atom. The summed E-state index contributed by atoms with van der Waals surface area (Å²) in [5.41, 5.74) is -2.78. The van der Waals surface area contributed by atoms with Gasteiger partial charge in [0.15, 0.2) is 0 Å². The maximum atomic E-state index is 10.9. The fourth-order valence-corrected chi connectivity index (χ4v) is 1.60. The quantitative estimate of drug-likeness (QED) is 0.350. The molecule has 0 aromatic heterocycles. The summed E-state index contributed by atoms with van der Waals surface area (Å²) in [5, 5.41) is 39.5. The van der Waals surface area contributed by atoms with Gasteiger partial charge in [0.1, 0.15) is 0 Å². The van der Waals surface area contributed by atoms with Gasteiger partial charge >= 0.3 is 11.9 Å². The number of rotatable bonds is 4. The number of piperazine rings is 1.